The normalized spacial score (nSPS) is 11.1. The van der Waals surface area contributed by atoms with Gasteiger partial charge in [-0.15, -0.1) is 0 Å². The number of anilines is 2. The van der Waals surface area contributed by atoms with Crippen LogP contribution < -0.4 is 5.32 Å². The van der Waals surface area contributed by atoms with Crippen molar-refractivity contribution < 1.29 is 9.13 Å². The van der Waals surface area contributed by atoms with E-state index in [2.05, 4.69) is 22.4 Å². The molecule has 7 heteroatoms. The summed E-state index contributed by atoms with van der Waals surface area (Å²) in [5, 5.41) is 4.22. The van der Waals surface area contributed by atoms with Gasteiger partial charge in [0, 0.05) is 42.7 Å². The van der Waals surface area contributed by atoms with Crippen LogP contribution in [0.25, 0.3) is 22.3 Å². The van der Waals surface area contributed by atoms with Crippen molar-refractivity contribution in [2.75, 3.05) is 19.0 Å². The summed E-state index contributed by atoms with van der Waals surface area (Å²) in [6.07, 6.45) is 6.41. The van der Waals surface area contributed by atoms with Gasteiger partial charge in [0.15, 0.2) is 5.82 Å². The largest absolute Gasteiger partial charge is 0.385 e. The van der Waals surface area contributed by atoms with Crippen LogP contribution in [0.2, 0.25) is 5.02 Å². The molecule has 0 aliphatic carbocycles. The van der Waals surface area contributed by atoms with E-state index in [9.17, 15) is 4.39 Å². The van der Waals surface area contributed by atoms with Gasteiger partial charge >= 0.3 is 0 Å². The number of benzene rings is 2. The van der Waals surface area contributed by atoms with Crippen LogP contribution in [0.3, 0.4) is 0 Å². The van der Waals surface area contributed by atoms with Crippen molar-refractivity contribution >= 4 is 34.0 Å². The topological polar surface area (TPSA) is 59.9 Å². The number of hydrogen-bond acceptors (Lipinski definition) is 5. The van der Waals surface area contributed by atoms with Gasteiger partial charge < -0.3 is 10.1 Å². The summed E-state index contributed by atoms with van der Waals surface area (Å²) < 4.78 is 18.7. The van der Waals surface area contributed by atoms with Crippen molar-refractivity contribution in [1.29, 1.82) is 0 Å². The number of aryl methyl sites for hydroxylation is 1. The van der Waals surface area contributed by atoms with Gasteiger partial charge in [0.2, 0.25) is 0 Å². The number of methoxy groups -OCH3 is 1. The predicted octanol–water partition coefficient (Wildman–Crippen LogP) is 6.20. The van der Waals surface area contributed by atoms with Crippen LogP contribution in [0, 0.1) is 5.82 Å². The summed E-state index contributed by atoms with van der Waals surface area (Å²) in [6.45, 7) is 0.753. The highest BCUT2D eigenvalue weighted by Gasteiger charge is 2.12. The van der Waals surface area contributed by atoms with Crippen LogP contribution in [-0.4, -0.2) is 28.7 Å². The molecule has 1 N–H and O–H groups in total. The van der Waals surface area contributed by atoms with Gasteiger partial charge in [-0.2, -0.15) is 0 Å². The van der Waals surface area contributed by atoms with Gasteiger partial charge in [-0.25, -0.2) is 14.4 Å². The lowest BCUT2D eigenvalue weighted by molar-refractivity contribution is 0.193. The molecule has 158 valence electrons. The maximum absolute atomic E-state index is 13.6. The van der Waals surface area contributed by atoms with E-state index in [1.54, 1.807) is 31.6 Å². The molecule has 0 atom stereocenters. The predicted molar refractivity (Wildman–Crippen MR) is 122 cm³/mol. The summed E-state index contributed by atoms with van der Waals surface area (Å²) in [5.74, 6) is 0.726. The minimum Gasteiger partial charge on any atom is -0.385 e. The Kier molecular flexibility index (Phi) is 6.70. The van der Waals surface area contributed by atoms with E-state index < -0.39 is 5.82 Å². The van der Waals surface area contributed by atoms with Crippen LogP contribution in [0.5, 0.6) is 0 Å². The van der Waals surface area contributed by atoms with Crippen LogP contribution in [0.15, 0.2) is 60.9 Å². The average molecular weight is 437 g/mol. The summed E-state index contributed by atoms with van der Waals surface area (Å²) in [7, 11) is 1.72. The number of unbranched alkanes of at least 4 members (excludes halogenated alkanes) is 1. The fourth-order valence-electron chi connectivity index (χ4n) is 3.34. The zero-order chi connectivity index (χ0) is 21.6. The molecule has 4 rings (SSSR count). The molecular formula is C24H22ClFN4O. The minimum atomic E-state index is -0.464. The van der Waals surface area contributed by atoms with Crippen LogP contribution >= 0.6 is 11.6 Å². The highest BCUT2D eigenvalue weighted by Crippen LogP contribution is 2.29. The average Bonchev–Trinajstić information content (AvgIpc) is 2.80. The number of halogens is 2. The van der Waals surface area contributed by atoms with Crippen molar-refractivity contribution in [1.82, 2.24) is 15.0 Å². The fourth-order valence-corrected chi connectivity index (χ4v) is 3.52. The van der Waals surface area contributed by atoms with Gasteiger partial charge in [0.05, 0.1) is 10.5 Å². The van der Waals surface area contributed by atoms with E-state index in [-0.39, 0.29) is 5.02 Å². The number of fused-ring (bicyclic) bond motifs is 1. The first-order chi connectivity index (χ1) is 15.1. The second-order valence-corrected chi connectivity index (χ2v) is 7.60. The molecule has 5 nitrogen and oxygen atoms in total. The van der Waals surface area contributed by atoms with Crippen molar-refractivity contribution in [2.45, 2.75) is 19.3 Å². The second kappa shape index (κ2) is 9.81. The summed E-state index contributed by atoms with van der Waals surface area (Å²) in [6, 6.07) is 14.5. The van der Waals surface area contributed by atoms with Crippen molar-refractivity contribution in [3.05, 3.63) is 77.3 Å². The first-order valence-electron chi connectivity index (χ1n) is 10.1. The lowest BCUT2D eigenvalue weighted by Gasteiger charge is -2.13. The minimum absolute atomic E-state index is 0.0506. The monoisotopic (exact) mass is 436 g/mol. The molecule has 0 radical (unpaired) electrons. The van der Waals surface area contributed by atoms with E-state index >= 15 is 0 Å². The van der Waals surface area contributed by atoms with Gasteiger partial charge in [-0.3, -0.25) is 4.98 Å². The molecular weight excluding hydrogens is 415 g/mol. The standard InChI is InChI=1S/C24H22ClFN4O/c1-31-12-3-2-5-16-7-10-22-19(13-16)24(28-18-8-9-21(26)20(25)14-18)30-23(29-22)17-6-4-11-27-15-17/h4,6-11,13-15H,2-3,5,12H2,1H3,(H,28,29,30). The van der Waals surface area contributed by atoms with E-state index in [0.29, 0.717) is 17.3 Å². The number of pyridine rings is 1. The molecule has 2 aromatic heterocycles. The quantitative estimate of drug-likeness (QED) is 0.333. The molecule has 0 bridgehead atoms. The van der Waals surface area contributed by atoms with Gasteiger partial charge in [0.25, 0.3) is 0 Å². The van der Waals surface area contributed by atoms with Gasteiger partial charge in [-0.1, -0.05) is 17.7 Å². The zero-order valence-electron chi connectivity index (χ0n) is 17.1. The maximum Gasteiger partial charge on any atom is 0.163 e. The van der Waals surface area contributed by atoms with E-state index in [1.165, 1.54) is 11.6 Å². The van der Waals surface area contributed by atoms with E-state index in [0.717, 1.165) is 42.3 Å². The lowest BCUT2D eigenvalue weighted by atomic mass is 10.1. The van der Waals surface area contributed by atoms with Crippen LogP contribution in [0.1, 0.15) is 18.4 Å². The molecule has 31 heavy (non-hydrogen) atoms. The summed E-state index contributed by atoms with van der Waals surface area (Å²) in [4.78, 5) is 13.7. The number of hydrogen-bond donors (Lipinski definition) is 1. The molecule has 0 fully saturated rings. The molecule has 0 saturated heterocycles. The van der Waals surface area contributed by atoms with Crippen molar-refractivity contribution in [3.8, 4) is 11.4 Å². The number of aromatic nitrogens is 3. The molecule has 0 unspecified atom stereocenters. The van der Waals surface area contributed by atoms with Gasteiger partial charge in [-0.05, 0) is 67.3 Å². The highest BCUT2D eigenvalue weighted by atomic mass is 35.5. The maximum atomic E-state index is 13.6. The number of ether oxygens (including phenoxy) is 1. The third-order valence-electron chi connectivity index (χ3n) is 4.93. The fraction of sp³-hybridized carbons (Fsp3) is 0.208. The van der Waals surface area contributed by atoms with E-state index in [1.807, 2.05) is 18.2 Å². The van der Waals surface area contributed by atoms with Crippen LogP contribution in [0.4, 0.5) is 15.9 Å². The number of nitrogens with zero attached hydrogens (tertiary/aromatic N) is 3. The third kappa shape index (κ3) is 5.16. The molecule has 0 aliphatic rings. The Morgan fingerprint density at radius 3 is 2.74 bits per heavy atom. The first kappa shape index (κ1) is 21.2. The molecule has 0 aliphatic heterocycles. The Labute approximate surface area is 185 Å². The Morgan fingerprint density at radius 1 is 1.06 bits per heavy atom. The number of rotatable bonds is 8. The molecule has 0 amide bonds. The lowest BCUT2D eigenvalue weighted by Crippen LogP contribution is -2.01. The first-order valence-corrected chi connectivity index (χ1v) is 10.4. The summed E-state index contributed by atoms with van der Waals surface area (Å²) in [5.41, 5.74) is 3.47. The van der Waals surface area contributed by atoms with Gasteiger partial charge in [0.1, 0.15) is 11.6 Å². The Hall–Kier alpha value is -3.09. The Bertz CT molecular complexity index is 1190. The number of nitrogens with one attached hydrogen (secondary N) is 1. The molecule has 0 saturated carbocycles. The van der Waals surface area contributed by atoms with Crippen molar-refractivity contribution in [3.63, 3.8) is 0 Å². The third-order valence-corrected chi connectivity index (χ3v) is 5.22. The molecule has 2 heterocycles. The summed E-state index contributed by atoms with van der Waals surface area (Å²) >= 11 is 5.97. The molecule has 0 spiro atoms. The SMILES string of the molecule is COCCCCc1ccc2nc(-c3cccnc3)nc(Nc3ccc(F)c(Cl)c3)c2c1. The van der Waals surface area contributed by atoms with Crippen LogP contribution in [-0.2, 0) is 11.2 Å². The smallest absolute Gasteiger partial charge is 0.163 e. The zero-order valence-corrected chi connectivity index (χ0v) is 17.9. The Balaban J connectivity index is 1.75. The highest BCUT2D eigenvalue weighted by molar-refractivity contribution is 6.31. The van der Waals surface area contributed by atoms with Crippen molar-refractivity contribution in [2.24, 2.45) is 0 Å². The molecule has 2 aromatic carbocycles. The molecule has 4 aromatic rings. The second-order valence-electron chi connectivity index (χ2n) is 7.19. The Morgan fingerprint density at radius 2 is 1.97 bits per heavy atom. The van der Waals surface area contributed by atoms with E-state index in [4.69, 9.17) is 26.3 Å².